The Labute approximate surface area is 124 Å². The largest absolute Gasteiger partial charge is 0.469 e. The number of furan rings is 1. The molecule has 2 N–H and O–H groups in total. The highest BCUT2D eigenvalue weighted by molar-refractivity contribution is 5.47. The summed E-state index contributed by atoms with van der Waals surface area (Å²) in [5, 5.41) is 6.42. The highest BCUT2D eigenvalue weighted by Gasteiger charge is 2.08. The molecule has 2 rings (SSSR count). The molecule has 1 atom stereocenters. The van der Waals surface area contributed by atoms with E-state index in [-0.39, 0.29) is 6.04 Å². The van der Waals surface area contributed by atoms with Gasteiger partial charge in [0.25, 0.3) is 0 Å². The van der Waals surface area contributed by atoms with Crippen LogP contribution in [-0.2, 0) is 17.8 Å². The van der Waals surface area contributed by atoms with Crippen molar-refractivity contribution in [2.45, 2.75) is 32.4 Å². The third-order valence-corrected chi connectivity index (χ3v) is 3.10. The zero-order valence-electron chi connectivity index (χ0n) is 12.7. The molecule has 2 heterocycles. The standard InChI is InChI=1S/C15H22N4O2/c1-11(6-7-12-5-4-8-21-12)17-14-9-13(16-2)18-15(19-14)10-20-3/h4-5,8-9,11H,6-7,10H2,1-3H3,(H2,16,17,18,19). The van der Waals surface area contributed by atoms with E-state index in [0.717, 1.165) is 30.2 Å². The van der Waals surface area contributed by atoms with Crippen molar-refractivity contribution in [3.63, 3.8) is 0 Å². The van der Waals surface area contributed by atoms with Gasteiger partial charge in [-0.05, 0) is 25.5 Å². The van der Waals surface area contributed by atoms with Crippen molar-refractivity contribution in [1.82, 2.24) is 9.97 Å². The molecule has 0 aliphatic rings. The van der Waals surface area contributed by atoms with Crippen molar-refractivity contribution < 1.29 is 9.15 Å². The van der Waals surface area contributed by atoms with Gasteiger partial charge in [0.1, 0.15) is 24.0 Å². The van der Waals surface area contributed by atoms with Crippen LogP contribution in [0.15, 0.2) is 28.9 Å². The summed E-state index contributed by atoms with van der Waals surface area (Å²) in [4.78, 5) is 8.78. The molecule has 0 radical (unpaired) electrons. The molecule has 21 heavy (non-hydrogen) atoms. The van der Waals surface area contributed by atoms with Crippen molar-refractivity contribution >= 4 is 11.6 Å². The van der Waals surface area contributed by atoms with Crippen LogP contribution >= 0.6 is 0 Å². The molecule has 0 aliphatic heterocycles. The van der Waals surface area contributed by atoms with E-state index < -0.39 is 0 Å². The highest BCUT2D eigenvalue weighted by atomic mass is 16.5. The molecule has 0 saturated carbocycles. The van der Waals surface area contributed by atoms with Crippen LogP contribution in [0.3, 0.4) is 0 Å². The van der Waals surface area contributed by atoms with E-state index >= 15 is 0 Å². The summed E-state index contributed by atoms with van der Waals surface area (Å²) >= 11 is 0. The van der Waals surface area contributed by atoms with Gasteiger partial charge in [0.05, 0.1) is 6.26 Å². The second-order valence-electron chi connectivity index (χ2n) is 4.90. The van der Waals surface area contributed by atoms with Crippen LogP contribution in [-0.4, -0.2) is 30.2 Å². The van der Waals surface area contributed by atoms with E-state index in [9.17, 15) is 0 Å². The van der Waals surface area contributed by atoms with Crippen molar-refractivity contribution in [2.24, 2.45) is 0 Å². The molecule has 0 bridgehead atoms. The molecule has 0 aliphatic carbocycles. The summed E-state index contributed by atoms with van der Waals surface area (Å²) in [5.41, 5.74) is 0. The van der Waals surface area contributed by atoms with Crippen LogP contribution in [0.1, 0.15) is 24.9 Å². The molecule has 2 aromatic rings. The number of rotatable bonds is 8. The maximum atomic E-state index is 5.34. The first-order valence-corrected chi connectivity index (χ1v) is 7.05. The minimum Gasteiger partial charge on any atom is -0.469 e. The fourth-order valence-electron chi connectivity index (χ4n) is 2.03. The molecular weight excluding hydrogens is 268 g/mol. The highest BCUT2D eigenvalue weighted by Crippen LogP contribution is 2.14. The van der Waals surface area contributed by atoms with E-state index in [1.54, 1.807) is 13.4 Å². The zero-order chi connectivity index (χ0) is 15.1. The lowest BCUT2D eigenvalue weighted by molar-refractivity contribution is 0.178. The number of methoxy groups -OCH3 is 1. The molecule has 0 fully saturated rings. The van der Waals surface area contributed by atoms with Gasteiger partial charge in [-0.25, -0.2) is 9.97 Å². The molecule has 0 spiro atoms. The van der Waals surface area contributed by atoms with Gasteiger partial charge in [-0.1, -0.05) is 0 Å². The molecule has 2 aromatic heterocycles. The second kappa shape index (κ2) is 7.64. The molecule has 6 heteroatoms. The monoisotopic (exact) mass is 290 g/mol. The number of nitrogens with one attached hydrogen (secondary N) is 2. The van der Waals surface area contributed by atoms with Crippen LogP contribution in [0.2, 0.25) is 0 Å². The second-order valence-corrected chi connectivity index (χ2v) is 4.90. The smallest absolute Gasteiger partial charge is 0.158 e. The Morgan fingerprint density at radius 3 is 2.81 bits per heavy atom. The van der Waals surface area contributed by atoms with Gasteiger partial charge in [-0.3, -0.25) is 0 Å². The predicted octanol–water partition coefficient (Wildman–Crippen LogP) is 2.69. The molecule has 0 amide bonds. The van der Waals surface area contributed by atoms with Gasteiger partial charge >= 0.3 is 0 Å². The van der Waals surface area contributed by atoms with Crippen molar-refractivity contribution in [3.8, 4) is 0 Å². The molecule has 1 unspecified atom stereocenters. The lowest BCUT2D eigenvalue weighted by atomic mass is 10.1. The molecular formula is C15H22N4O2. The minimum atomic E-state index is 0.283. The van der Waals surface area contributed by atoms with Gasteiger partial charge in [-0.2, -0.15) is 0 Å². The quantitative estimate of drug-likeness (QED) is 0.779. The number of aromatic nitrogens is 2. The van der Waals surface area contributed by atoms with Crippen molar-refractivity contribution in [1.29, 1.82) is 0 Å². The summed E-state index contributed by atoms with van der Waals surface area (Å²) in [7, 11) is 3.47. The van der Waals surface area contributed by atoms with Gasteiger partial charge in [0.2, 0.25) is 0 Å². The Bertz CT molecular complexity index is 543. The number of hydrogen-bond acceptors (Lipinski definition) is 6. The van der Waals surface area contributed by atoms with Gasteiger partial charge in [0, 0.05) is 32.7 Å². The third kappa shape index (κ3) is 4.75. The SMILES string of the molecule is CNc1cc(NC(C)CCc2ccco2)nc(COC)n1. The summed E-state index contributed by atoms with van der Waals surface area (Å²) in [6.07, 6.45) is 3.57. The van der Waals surface area contributed by atoms with Gasteiger partial charge in [0.15, 0.2) is 5.82 Å². The van der Waals surface area contributed by atoms with Crippen LogP contribution in [0.4, 0.5) is 11.6 Å². The fraction of sp³-hybridized carbons (Fsp3) is 0.467. The van der Waals surface area contributed by atoms with Crippen LogP contribution in [0.5, 0.6) is 0 Å². The lowest BCUT2D eigenvalue weighted by Crippen LogP contribution is -2.18. The first-order chi connectivity index (χ1) is 10.2. The topological polar surface area (TPSA) is 72.2 Å². The Balaban J connectivity index is 1.95. The van der Waals surface area contributed by atoms with E-state index in [1.807, 2.05) is 25.2 Å². The Kier molecular flexibility index (Phi) is 5.57. The lowest BCUT2D eigenvalue weighted by Gasteiger charge is -2.15. The number of aryl methyl sites for hydroxylation is 1. The normalized spacial score (nSPS) is 12.1. The Morgan fingerprint density at radius 2 is 2.14 bits per heavy atom. The van der Waals surface area contributed by atoms with Gasteiger partial charge < -0.3 is 19.8 Å². The number of nitrogens with zero attached hydrogens (tertiary/aromatic N) is 2. The molecule has 0 aromatic carbocycles. The summed E-state index contributed by atoms with van der Waals surface area (Å²) < 4.78 is 10.4. The van der Waals surface area contributed by atoms with E-state index in [4.69, 9.17) is 9.15 Å². The number of ether oxygens (including phenoxy) is 1. The zero-order valence-corrected chi connectivity index (χ0v) is 12.7. The van der Waals surface area contributed by atoms with Crippen molar-refractivity contribution in [2.75, 3.05) is 24.8 Å². The predicted molar refractivity (Wildman–Crippen MR) is 82.4 cm³/mol. The fourth-order valence-corrected chi connectivity index (χ4v) is 2.03. The maximum absolute atomic E-state index is 5.34. The average Bonchev–Trinajstić information content (AvgIpc) is 2.98. The minimum absolute atomic E-state index is 0.283. The van der Waals surface area contributed by atoms with E-state index in [1.165, 1.54) is 0 Å². The van der Waals surface area contributed by atoms with Crippen LogP contribution in [0, 0.1) is 0 Å². The third-order valence-electron chi connectivity index (χ3n) is 3.10. The molecule has 0 saturated heterocycles. The summed E-state index contributed by atoms with van der Waals surface area (Å²) in [6.45, 7) is 2.52. The maximum Gasteiger partial charge on any atom is 0.158 e. The summed E-state index contributed by atoms with van der Waals surface area (Å²) in [6, 6.07) is 6.08. The first kappa shape index (κ1) is 15.3. The van der Waals surface area contributed by atoms with E-state index in [0.29, 0.717) is 12.4 Å². The first-order valence-electron chi connectivity index (χ1n) is 7.05. The number of hydrogen-bond donors (Lipinski definition) is 2. The van der Waals surface area contributed by atoms with Crippen LogP contribution < -0.4 is 10.6 Å². The number of anilines is 2. The summed E-state index contributed by atoms with van der Waals surface area (Å²) in [5.74, 6) is 3.23. The van der Waals surface area contributed by atoms with Crippen molar-refractivity contribution in [3.05, 3.63) is 36.0 Å². The Morgan fingerprint density at radius 1 is 1.33 bits per heavy atom. The molecule has 6 nitrogen and oxygen atoms in total. The van der Waals surface area contributed by atoms with E-state index in [2.05, 4.69) is 27.5 Å². The average molecular weight is 290 g/mol. The Hall–Kier alpha value is -2.08. The van der Waals surface area contributed by atoms with Gasteiger partial charge in [-0.15, -0.1) is 0 Å². The molecule has 114 valence electrons. The van der Waals surface area contributed by atoms with Crippen LogP contribution in [0.25, 0.3) is 0 Å².